The Morgan fingerprint density at radius 3 is 2.22 bits per heavy atom. The summed E-state index contributed by atoms with van der Waals surface area (Å²) in [4.78, 5) is 3.40. The maximum absolute atomic E-state index is 8.84. The molecule has 0 aliphatic rings. The SMILES string of the molecule is Cc1cc(SC#N)ccc1NC(=S)NN(C)c1ccc(N(CC(C)C)CC(C)C)cc1C. The van der Waals surface area contributed by atoms with Crippen molar-refractivity contribution in [3.8, 4) is 5.40 Å². The molecule has 0 aliphatic carbocycles. The highest BCUT2D eigenvalue weighted by Crippen LogP contribution is 2.26. The van der Waals surface area contributed by atoms with E-state index in [0.717, 1.165) is 46.7 Å². The zero-order valence-electron chi connectivity index (χ0n) is 20.2. The summed E-state index contributed by atoms with van der Waals surface area (Å²) in [6.45, 7) is 15.3. The number of hydrazine groups is 1. The molecular weight excluding hydrogens is 434 g/mol. The van der Waals surface area contributed by atoms with Gasteiger partial charge in [-0.05, 0) is 97.2 Å². The maximum atomic E-state index is 8.84. The number of thiocarbonyl (C=S) groups is 1. The van der Waals surface area contributed by atoms with Gasteiger partial charge in [-0.2, -0.15) is 5.26 Å². The molecule has 32 heavy (non-hydrogen) atoms. The number of aryl methyl sites for hydroxylation is 2. The monoisotopic (exact) mass is 469 g/mol. The number of hydrogen-bond donors (Lipinski definition) is 2. The minimum atomic E-state index is 0.515. The number of nitrogens with zero attached hydrogens (tertiary/aromatic N) is 3. The molecule has 0 aromatic heterocycles. The second kappa shape index (κ2) is 12.0. The molecule has 0 unspecified atom stereocenters. The molecule has 7 heteroatoms. The third-order valence-electron chi connectivity index (χ3n) is 4.96. The maximum Gasteiger partial charge on any atom is 0.189 e. The fourth-order valence-electron chi connectivity index (χ4n) is 3.63. The molecule has 0 atom stereocenters. The van der Waals surface area contributed by atoms with Crippen LogP contribution in [0.25, 0.3) is 0 Å². The van der Waals surface area contributed by atoms with Gasteiger partial charge in [0.05, 0.1) is 5.69 Å². The molecule has 172 valence electrons. The third-order valence-corrected chi connectivity index (χ3v) is 5.73. The van der Waals surface area contributed by atoms with Crippen molar-refractivity contribution in [3.05, 3.63) is 47.5 Å². The highest BCUT2D eigenvalue weighted by atomic mass is 32.2. The fraction of sp³-hybridized carbons (Fsp3) is 0.440. The Balaban J connectivity index is 2.08. The van der Waals surface area contributed by atoms with Gasteiger partial charge in [0, 0.05) is 36.4 Å². The van der Waals surface area contributed by atoms with Crippen LogP contribution in [0.1, 0.15) is 38.8 Å². The first-order valence-corrected chi connectivity index (χ1v) is 12.2. The molecular formula is C25H35N5S2. The van der Waals surface area contributed by atoms with Crippen molar-refractivity contribution in [1.29, 1.82) is 5.26 Å². The van der Waals surface area contributed by atoms with Crippen LogP contribution < -0.4 is 20.7 Å². The molecule has 0 spiro atoms. The van der Waals surface area contributed by atoms with Gasteiger partial charge in [0.1, 0.15) is 5.40 Å². The summed E-state index contributed by atoms with van der Waals surface area (Å²) < 4.78 is 0. The van der Waals surface area contributed by atoms with E-state index in [-0.39, 0.29) is 0 Å². The molecule has 2 aromatic rings. The molecule has 2 N–H and O–H groups in total. The Hall–Kier alpha value is -2.43. The van der Waals surface area contributed by atoms with Crippen molar-refractivity contribution in [2.45, 2.75) is 46.4 Å². The van der Waals surface area contributed by atoms with Crippen LogP contribution >= 0.6 is 24.0 Å². The van der Waals surface area contributed by atoms with Crippen molar-refractivity contribution in [1.82, 2.24) is 5.43 Å². The lowest BCUT2D eigenvalue weighted by Gasteiger charge is -2.30. The molecule has 0 bridgehead atoms. The lowest BCUT2D eigenvalue weighted by atomic mass is 10.1. The van der Waals surface area contributed by atoms with Crippen molar-refractivity contribution in [2.24, 2.45) is 11.8 Å². The fourth-order valence-corrected chi connectivity index (χ4v) is 4.36. The third kappa shape index (κ3) is 7.61. The van der Waals surface area contributed by atoms with Crippen LogP contribution in [0.5, 0.6) is 0 Å². The van der Waals surface area contributed by atoms with Gasteiger partial charge in [-0.1, -0.05) is 27.7 Å². The molecule has 0 amide bonds. The van der Waals surface area contributed by atoms with E-state index in [4.69, 9.17) is 17.5 Å². The molecule has 5 nitrogen and oxygen atoms in total. The molecule has 0 saturated carbocycles. The van der Waals surface area contributed by atoms with Crippen LogP contribution in [0.15, 0.2) is 41.3 Å². The first-order chi connectivity index (χ1) is 15.1. The minimum Gasteiger partial charge on any atom is -0.371 e. The quantitative estimate of drug-likeness (QED) is 0.192. The number of rotatable bonds is 9. The molecule has 0 saturated heterocycles. The number of nitriles is 1. The molecule has 0 radical (unpaired) electrons. The van der Waals surface area contributed by atoms with Crippen LogP contribution in [-0.4, -0.2) is 25.2 Å². The summed E-state index contributed by atoms with van der Waals surface area (Å²) in [5.74, 6) is 1.22. The Morgan fingerprint density at radius 2 is 1.69 bits per heavy atom. The highest BCUT2D eigenvalue weighted by Gasteiger charge is 2.14. The zero-order valence-corrected chi connectivity index (χ0v) is 21.8. The van der Waals surface area contributed by atoms with Gasteiger partial charge < -0.3 is 10.2 Å². The van der Waals surface area contributed by atoms with Crippen molar-refractivity contribution in [3.63, 3.8) is 0 Å². The second-order valence-corrected chi connectivity index (χ2v) is 10.2. The summed E-state index contributed by atoms with van der Waals surface area (Å²) >= 11 is 6.69. The number of thioether (sulfide) groups is 1. The van der Waals surface area contributed by atoms with Gasteiger partial charge in [0.15, 0.2) is 5.11 Å². The predicted molar refractivity (Wildman–Crippen MR) is 143 cm³/mol. The number of anilines is 3. The molecule has 0 aliphatic heterocycles. The first kappa shape index (κ1) is 25.8. The summed E-state index contributed by atoms with van der Waals surface area (Å²) in [6.07, 6.45) is 0. The van der Waals surface area contributed by atoms with E-state index in [9.17, 15) is 0 Å². The van der Waals surface area contributed by atoms with E-state index < -0.39 is 0 Å². The van der Waals surface area contributed by atoms with E-state index in [1.807, 2.05) is 37.2 Å². The summed E-state index contributed by atoms with van der Waals surface area (Å²) in [5, 5.41) is 16.6. The lowest BCUT2D eigenvalue weighted by Crippen LogP contribution is -2.42. The Bertz CT molecular complexity index is 955. The normalized spacial score (nSPS) is 10.8. The highest BCUT2D eigenvalue weighted by molar-refractivity contribution is 8.03. The molecule has 0 heterocycles. The molecule has 0 fully saturated rings. The van der Waals surface area contributed by atoms with E-state index in [2.05, 4.69) is 73.9 Å². The standard InChI is InChI=1S/C25H35N5S2/c1-17(2)14-30(15-18(3)4)21-8-11-24(20(6)12-21)29(7)28-25(31)27-23-10-9-22(32-16-26)13-19(23)5/h8-13,17-18H,14-15H2,1-7H3,(H2,27,28,31). The van der Waals surface area contributed by atoms with E-state index in [0.29, 0.717) is 16.9 Å². The van der Waals surface area contributed by atoms with Crippen LogP contribution in [0, 0.1) is 36.3 Å². The van der Waals surface area contributed by atoms with E-state index in [1.54, 1.807) is 0 Å². The Labute approximate surface area is 203 Å². The van der Waals surface area contributed by atoms with Crippen LogP contribution in [0.2, 0.25) is 0 Å². The van der Waals surface area contributed by atoms with Gasteiger partial charge in [-0.3, -0.25) is 10.4 Å². The average molecular weight is 470 g/mol. The van der Waals surface area contributed by atoms with Crippen LogP contribution in [0.3, 0.4) is 0 Å². The number of nitrogens with one attached hydrogen (secondary N) is 2. The molecule has 2 rings (SSSR count). The van der Waals surface area contributed by atoms with Crippen molar-refractivity contribution >= 4 is 46.2 Å². The van der Waals surface area contributed by atoms with Crippen LogP contribution in [0.4, 0.5) is 17.1 Å². The topological polar surface area (TPSA) is 54.3 Å². The summed E-state index contributed by atoms with van der Waals surface area (Å²) in [7, 11) is 1.97. The summed E-state index contributed by atoms with van der Waals surface area (Å²) in [6, 6.07) is 12.4. The van der Waals surface area contributed by atoms with Crippen LogP contribution in [-0.2, 0) is 0 Å². The van der Waals surface area contributed by atoms with Gasteiger partial charge in [-0.15, -0.1) is 0 Å². The summed E-state index contributed by atoms with van der Waals surface area (Å²) in [5.41, 5.74) is 8.72. The van der Waals surface area contributed by atoms with Gasteiger partial charge in [-0.25, -0.2) is 0 Å². The Morgan fingerprint density at radius 1 is 1.03 bits per heavy atom. The number of hydrogen-bond acceptors (Lipinski definition) is 5. The Kier molecular flexibility index (Phi) is 9.67. The second-order valence-electron chi connectivity index (χ2n) is 8.96. The largest absolute Gasteiger partial charge is 0.371 e. The van der Waals surface area contributed by atoms with Crippen molar-refractivity contribution < 1.29 is 0 Å². The van der Waals surface area contributed by atoms with E-state index >= 15 is 0 Å². The van der Waals surface area contributed by atoms with Crippen molar-refractivity contribution in [2.75, 3.05) is 35.4 Å². The number of benzene rings is 2. The average Bonchev–Trinajstić information content (AvgIpc) is 2.69. The zero-order chi connectivity index (χ0) is 23.8. The van der Waals surface area contributed by atoms with Gasteiger partial charge in [0.2, 0.25) is 0 Å². The predicted octanol–water partition coefficient (Wildman–Crippen LogP) is 6.33. The first-order valence-electron chi connectivity index (χ1n) is 10.9. The lowest BCUT2D eigenvalue weighted by molar-refractivity contribution is 0.552. The smallest absolute Gasteiger partial charge is 0.189 e. The molecule has 2 aromatic carbocycles. The minimum absolute atomic E-state index is 0.515. The van der Waals surface area contributed by atoms with Gasteiger partial charge >= 0.3 is 0 Å². The number of thiocyanates is 1. The van der Waals surface area contributed by atoms with Gasteiger partial charge in [0.25, 0.3) is 0 Å². The van der Waals surface area contributed by atoms with E-state index in [1.165, 1.54) is 11.3 Å².